The molecule has 2 aliphatic heterocycles. The molecule has 0 aliphatic carbocycles. The predicted molar refractivity (Wildman–Crippen MR) is 107 cm³/mol. The molecule has 0 spiro atoms. The Balaban J connectivity index is 1.35. The second kappa shape index (κ2) is 8.08. The Kier molecular flexibility index (Phi) is 5.16. The van der Waals surface area contributed by atoms with E-state index in [9.17, 15) is 4.39 Å². The standard InChI is InChI=1S/C22H25FN4O2/c23-20-11-16(17-12-24-26(14-17)21-5-1-3-9-28-21)7-8-19(20)18-13-25-27(15-18)22-6-2-4-10-29-22/h7-8,11-15,21-22H,1-6,9-10H2. The summed E-state index contributed by atoms with van der Waals surface area (Å²) in [7, 11) is 0. The van der Waals surface area contributed by atoms with Crippen molar-refractivity contribution in [3.63, 3.8) is 0 Å². The van der Waals surface area contributed by atoms with Crippen LogP contribution in [0, 0.1) is 5.82 Å². The molecule has 6 nitrogen and oxygen atoms in total. The van der Waals surface area contributed by atoms with Crippen molar-refractivity contribution < 1.29 is 13.9 Å². The first-order valence-electron chi connectivity index (χ1n) is 10.4. The van der Waals surface area contributed by atoms with Crippen LogP contribution in [0.5, 0.6) is 0 Å². The maximum atomic E-state index is 14.9. The van der Waals surface area contributed by atoms with E-state index in [4.69, 9.17) is 9.47 Å². The Hall–Kier alpha value is -2.51. The zero-order valence-electron chi connectivity index (χ0n) is 16.3. The van der Waals surface area contributed by atoms with Crippen molar-refractivity contribution in [1.82, 2.24) is 19.6 Å². The summed E-state index contributed by atoms with van der Waals surface area (Å²) in [6.07, 6.45) is 13.6. The summed E-state index contributed by atoms with van der Waals surface area (Å²) in [5.41, 5.74) is 2.99. The Morgan fingerprint density at radius 3 is 2.00 bits per heavy atom. The fraction of sp³-hybridized carbons (Fsp3) is 0.455. The lowest BCUT2D eigenvalue weighted by atomic mass is 10.0. The van der Waals surface area contributed by atoms with Crippen LogP contribution in [0.3, 0.4) is 0 Å². The van der Waals surface area contributed by atoms with E-state index in [0.717, 1.165) is 68.4 Å². The van der Waals surface area contributed by atoms with Crippen molar-refractivity contribution in [3.8, 4) is 22.3 Å². The highest BCUT2D eigenvalue weighted by molar-refractivity contribution is 5.69. The van der Waals surface area contributed by atoms with Gasteiger partial charge in [-0.05, 0) is 50.2 Å². The topological polar surface area (TPSA) is 54.1 Å². The van der Waals surface area contributed by atoms with Gasteiger partial charge in [0.2, 0.25) is 0 Å². The Morgan fingerprint density at radius 2 is 1.41 bits per heavy atom. The molecule has 152 valence electrons. The van der Waals surface area contributed by atoms with Crippen LogP contribution in [0.4, 0.5) is 4.39 Å². The minimum Gasteiger partial charge on any atom is -0.357 e. The van der Waals surface area contributed by atoms with Crippen molar-refractivity contribution >= 4 is 0 Å². The number of aromatic nitrogens is 4. The highest BCUT2D eigenvalue weighted by Crippen LogP contribution is 2.30. The molecule has 0 N–H and O–H groups in total. The van der Waals surface area contributed by atoms with Crippen molar-refractivity contribution in [2.45, 2.75) is 51.0 Å². The third-order valence-corrected chi connectivity index (χ3v) is 5.72. The highest BCUT2D eigenvalue weighted by Gasteiger charge is 2.19. The van der Waals surface area contributed by atoms with Gasteiger partial charge in [-0.25, -0.2) is 13.8 Å². The molecule has 3 aromatic rings. The molecular formula is C22H25FN4O2. The van der Waals surface area contributed by atoms with Crippen LogP contribution < -0.4 is 0 Å². The second-order valence-corrected chi connectivity index (χ2v) is 7.76. The van der Waals surface area contributed by atoms with Gasteiger partial charge in [0, 0.05) is 42.3 Å². The lowest BCUT2D eigenvalue weighted by Gasteiger charge is -2.22. The third kappa shape index (κ3) is 3.84. The highest BCUT2D eigenvalue weighted by atomic mass is 19.1. The molecule has 1 aromatic carbocycles. The van der Waals surface area contributed by atoms with E-state index in [1.165, 1.54) is 0 Å². The summed E-state index contributed by atoms with van der Waals surface area (Å²) in [6.45, 7) is 1.52. The van der Waals surface area contributed by atoms with Gasteiger partial charge in [-0.15, -0.1) is 0 Å². The van der Waals surface area contributed by atoms with E-state index in [1.807, 2.05) is 29.2 Å². The summed E-state index contributed by atoms with van der Waals surface area (Å²) in [5.74, 6) is -0.270. The molecule has 2 saturated heterocycles. The van der Waals surface area contributed by atoms with Crippen LogP contribution in [0.15, 0.2) is 43.0 Å². The van der Waals surface area contributed by atoms with Gasteiger partial charge in [0.25, 0.3) is 0 Å². The van der Waals surface area contributed by atoms with Crippen LogP contribution in [0.1, 0.15) is 51.0 Å². The van der Waals surface area contributed by atoms with Crippen LogP contribution in [-0.2, 0) is 9.47 Å². The average Bonchev–Trinajstić information content (AvgIpc) is 3.45. The monoisotopic (exact) mass is 396 g/mol. The molecule has 2 atom stereocenters. The van der Waals surface area contributed by atoms with Gasteiger partial charge in [0.05, 0.1) is 12.4 Å². The zero-order chi connectivity index (χ0) is 19.6. The number of ether oxygens (including phenoxy) is 2. The van der Waals surface area contributed by atoms with E-state index in [0.29, 0.717) is 5.56 Å². The molecule has 0 bridgehead atoms. The fourth-order valence-electron chi connectivity index (χ4n) is 4.07. The van der Waals surface area contributed by atoms with Crippen molar-refractivity contribution in [3.05, 3.63) is 48.8 Å². The summed E-state index contributed by atoms with van der Waals surface area (Å²) < 4.78 is 30.1. The lowest BCUT2D eigenvalue weighted by Crippen LogP contribution is -2.18. The third-order valence-electron chi connectivity index (χ3n) is 5.72. The average molecular weight is 396 g/mol. The predicted octanol–water partition coefficient (Wildman–Crippen LogP) is 4.95. The van der Waals surface area contributed by atoms with Crippen LogP contribution in [-0.4, -0.2) is 32.8 Å². The molecule has 4 heterocycles. The number of benzene rings is 1. The van der Waals surface area contributed by atoms with Gasteiger partial charge in [-0.1, -0.05) is 12.1 Å². The van der Waals surface area contributed by atoms with E-state index in [2.05, 4.69) is 10.2 Å². The number of halogens is 1. The van der Waals surface area contributed by atoms with Crippen molar-refractivity contribution in [2.24, 2.45) is 0 Å². The molecule has 0 radical (unpaired) electrons. The van der Waals surface area contributed by atoms with Gasteiger partial charge in [-0.2, -0.15) is 10.2 Å². The van der Waals surface area contributed by atoms with E-state index in [-0.39, 0.29) is 18.3 Å². The van der Waals surface area contributed by atoms with E-state index in [1.54, 1.807) is 23.1 Å². The molecule has 0 amide bonds. The minimum absolute atomic E-state index is 0.0190. The molecule has 2 aromatic heterocycles. The first-order chi connectivity index (χ1) is 14.3. The number of rotatable bonds is 4. The Labute approximate surface area is 169 Å². The molecule has 2 unspecified atom stereocenters. The summed E-state index contributed by atoms with van der Waals surface area (Å²) >= 11 is 0. The van der Waals surface area contributed by atoms with E-state index >= 15 is 0 Å². The number of nitrogens with zero attached hydrogens (tertiary/aromatic N) is 4. The van der Waals surface area contributed by atoms with E-state index < -0.39 is 0 Å². The molecule has 29 heavy (non-hydrogen) atoms. The first kappa shape index (κ1) is 18.5. The van der Waals surface area contributed by atoms with Gasteiger partial charge in [0.15, 0.2) is 0 Å². The summed E-state index contributed by atoms with van der Waals surface area (Å²) in [5, 5.41) is 8.81. The smallest absolute Gasteiger partial charge is 0.150 e. The van der Waals surface area contributed by atoms with Gasteiger partial charge >= 0.3 is 0 Å². The molecular weight excluding hydrogens is 371 g/mol. The number of hydrogen-bond donors (Lipinski definition) is 0. The maximum absolute atomic E-state index is 14.9. The normalized spacial score (nSPS) is 22.7. The largest absolute Gasteiger partial charge is 0.357 e. The van der Waals surface area contributed by atoms with Crippen LogP contribution in [0.2, 0.25) is 0 Å². The summed E-state index contributed by atoms with van der Waals surface area (Å²) in [6, 6.07) is 5.30. The molecule has 0 saturated carbocycles. The van der Waals surface area contributed by atoms with Crippen LogP contribution >= 0.6 is 0 Å². The Morgan fingerprint density at radius 1 is 0.793 bits per heavy atom. The molecule has 2 fully saturated rings. The zero-order valence-corrected chi connectivity index (χ0v) is 16.3. The fourth-order valence-corrected chi connectivity index (χ4v) is 4.07. The molecule has 5 rings (SSSR count). The lowest BCUT2D eigenvalue weighted by molar-refractivity contribution is -0.0395. The number of hydrogen-bond acceptors (Lipinski definition) is 4. The molecule has 7 heteroatoms. The SMILES string of the molecule is Fc1cc(-c2cnn(C3CCCCO3)c2)ccc1-c1cnn(C2CCCCO2)c1. The second-order valence-electron chi connectivity index (χ2n) is 7.76. The summed E-state index contributed by atoms with van der Waals surface area (Å²) in [4.78, 5) is 0. The minimum atomic E-state index is -0.270. The maximum Gasteiger partial charge on any atom is 0.150 e. The van der Waals surface area contributed by atoms with Gasteiger partial charge in [-0.3, -0.25) is 0 Å². The van der Waals surface area contributed by atoms with Crippen molar-refractivity contribution in [1.29, 1.82) is 0 Å². The quantitative estimate of drug-likeness (QED) is 0.626. The van der Waals surface area contributed by atoms with Crippen molar-refractivity contribution in [2.75, 3.05) is 13.2 Å². The van der Waals surface area contributed by atoms with Crippen LogP contribution in [0.25, 0.3) is 22.3 Å². The Bertz CT molecular complexity index is 971. The van der Waals surface area contributed by atoms with Gasteiger partial charge < -0.3 is 9.47 Å². The first-order valence-corrected chi connectivity index (χ1v) is 10.4. The van der Waals surface area contributed by atoms with Gasteiger partial charge in [0.1, 0.15) is 18.3 Å². The molecule has 2 aliphatic rings.